The lowest BCUT2D eigenvalue weighted by Crippen LogP contribution is -2.33. The molecule has 2 heterocycles. The number of nitrogens with two attached hydrogens (primary N) is 1. The number of hydrogen-bond acceptors (Lipinski definition) is 7. The first-order valence-electron chi connectivity index (χ1n) is 10.8. The summed E-state index contributed by atoms with van der Waals surface area (Å²) in [6.07, 6.45) is -2.41. The molecule has 0 unspecified atom stereocenters. The third kappa shape index (κ3) is 5.23. The van der Waals surface area contributed by atoms with Crippen LogP contribution in [0.4, 0.5) is 29.1 Å². The minimum absolute atomic E-state index is 0.00925. The average Bonchev–Trinajstić information content (AvgIpc) is 3.27. The Labute approximate surface area is 212 Å². The Morgan fingerprint density at radius 2 is 1.97 bits per heavy atom. The van der Waals surface area contributed by atoms with Crippen molar-refractivity contribution < 1.29 is 31.9 Å². The van der Waals surface area contributed by atoms with E-state index in [0.29, 0.717) is 5.56 Å². The number of halogens is 4. The lowest BCUT2D eigenvalue weighted by molar-refractivity contribution is -0.123. The summed E-state index contributed by atoms with van der Waals surface area (Å²) in [6.45, 7) is 1.82. The fourth-order valence-electron chi connectivity index (χ4n) is 3.67. The molecule has 0 bridgehead atoms. The summed E-state index contributed by atoms with van der Waals surface area (Å²) in [6, 6.07) is 8.00. The number of methoxy groups -OCH3 is 1. The van der Waals surface area contributed by atoms with E-state index in [-0.39, 0.29) is 45.2 Å². The van der Waals surface area contributed by atoms with Gasteiger partial charge in [-0.05, 0) is 42.0 Å². The van der Waals surface area contributed by atoms with E-state index in [0.717, 1.165) is 23.1 Å². The first-order valence-corrected chi connectivity index (χ1v) is 10.8. The second-order valence-electron chi connectivity index (χ2n) is 7.81. The highest BCUT2D eigenvalue weighted by Crippen LogP contribution is 2.39. The molecule has 10 nitrogen and oxygen atoms in total. The zero-order chi connectivity index (χ0) is 27.6. The van der Waals surface area contributed by atoms with E-state index >= 15 is 4.39 Å². The Hall–Kier alpha value is -5.01. The van der Waals surface area contributed by atoms with Gasteiger partial charge < -0.3 is 21.1 Å². The topological polar surface area (TPSA) is 137 Å². The average molecular weight is 529 g/mol. The zero-order valence-electron chi connectivity index (χ0n) is 19.6. The van der Waals surface area contributed by atoms with Crippen molar-refractivity contribution in [3.8, 4) is 28.1 Å². The largest absolute Gasteiger partial charge is 0.496 e. The molecule has 38 heavy (non-hydrogen) atoms. The van der Waals surface area contributed by atoms with Crippen molar-refractivity contribution in [1.82, 2.24) is 25.1 Å². The van der Waals surface area contributed by atoms with Gasteiger partial charge in [0.2, 0.25) is 5.91 Å². The third-order valence-corrected chi connectivity index (χ3v) is 5.33. The quantitative estimate of drug-likeness (QED) is 0.246. The van der Waals surface area contributed by atoms with Gasteiger partial charge in [-0.1, -0.05) is 12.6 Å². The van der Waals surface area contributed by atoms with E-state index < -0.39 is 30.4 Å². The van der Waals surface area contributed by atoms with Crippen molar-refractivity contribution in [3.63, 3.8) is 0 Å². The molecule has 196 valence electrons. The molecule has 2 aromatic heterocycles. The van der Waals surface area contributed by atoms with Crippen LogP contribution in [0.1, 0.15) is 10.4 Å². The fourth-order valence-corrected chi connectivity index (χ4v) is 3.67. The Balaban J connectivity index is 1.85. The summed E-state index contributed by atoms with van der Waals surface area (Å²) in [7, 11) is 1.24. The Morgan fingerprint density at radius 3 is 2.63 bits per heavy atom. The maximum Gasteiger partial charge on any atom is 0.405 e. The Bertz CT molecular complexity index is 1570. The van der Waals surface area contributed by atoms with E-state index in [9.17, 15) is 22.8 Å². The van der Waals surface area contributed by atoms with Gasteiger partial charge in [-0.3, -0.25) is 9.59 Å². The number of fused-ring (bicyclic) bond motifs is 1. The molecular weight excluding hydrogens is 510 g/mol. The number of hydrogen-bond donors (Lipinski definition) is 3. The Kier molecular flexibility index (Phi) is 6.97. The molecule has 0 saturated heterocycles. The van der Waals surface area contributed by atoms with Crippen LogP contribution in [-0.2, 0) is 4.79 Å². The molecule has 4 rings (SSSR count). The lowest BCUT2D eigenvalue weighted by Gasteiger charge is -2.13. The van der Waals surface area contributed by atoms with Crippen LogP contribution in [0.5, 0.6) is 5.75 Å². The van der Waals surface area contributed by atoms with Crippen molar-refractivity contribution in [3.05, 3.63) is 66.8 Å². The van der Waals surface area contributed by atoms with Gasteiger partial charge in [0.1, 0.15) is 35.6 Å². The molecule has 4 N–H and O–H groups in total. The van der Waals surface area contributed by atoms with Crippen molar-refractivity contribution in [1.29, 1.82) is 0 Å². The number of anilines is 2. The first-order chi connectivity index (χ1) is 18.0. The van der Waals surface area contributed by atoms with E-state index in [4.69, 9.17) is 10.5 Å². The molecule has 0 fully saturated rings. The predicted molar refractivity (Wildman–Crippen MR) is 130 cm³/mol. The van der Waals surface area contributed by atoms with Gasteiger partial charge in [0.15, 0.2) is 5.82 Å². The zero-order valence-corrected chi connectivity index (χ0v) is 19.6. The summed E-state index contributed by atoms with van der Waals surface area (Å²) in [5, 5.41) is 12.6. The fraction of sp³-hybridized carbons (Fsp3) is 0.125. The van der Waals surface area contributed by atoms with Crippen molar-refractivity contribution in [2.75, 3.05) is 24.7 Å². The number of carbonyl (C=O) groups excluding carboxylic acids is 2. The number of alkyl halides is 3. The molecule has 0 spiro atoms. The van der Waals surface area contributed by atoms with Gasteiger partial charge in [-0.2, -0.15) is 13.2 Å². The summed E-state index contributed by atoms with van der Waals surface area (Å²) in [5.74, 6) is -2.31. The summed E-state index contributed by atoms with van der Waals surface area (Å²) >= 11 is 0. The molecule has 0 radical (unpaired) electrons. The molecule has 0 saturated carbocycles. The van der Waals surface area contributed by atoms with Gasteiger partial charge in [-0.15, -0.1) is 14.8 Å². The number of ether oxygens (including phenoxy) is 1. The summed E-state index contributed by atoms with van der Waals surface area (Å²) < 4.78 is 59.3. The predicted octanol–water partition coefficient (Wildman–Crippen LogP) is 3.60. The van der Waals surface area contributed by atoms with Gasteiger partial charge >= 0.3 is 6.18 Å². The lowest BCUT2D eigenvalue weighted by atomic mass is 9.97. The van der Waals surface area contributed by atoms with Crippen LogP contribution in [-0.4, -0.2) is 51.5 Å². The molecule has 2 amide bonds. The first kappa shape index (κ1) is 26.1. The number of benzene rings is 2. The Morgan fingerprint density at radius 1 is 1.21 bits per heavy atom. The SMILES string of the molecule is C=CC(=O)Nc1ccc(-c2nn3ncnc(N)c3c2-c2ccc(C(=O)NCC(F)(F)F)c(OC)c2)c(F)c1. The van der Waals surface area contributed by atoms with Crippen molar-refractivity contribution in [2.45, 2.75) is 6.18 Å². The van der Waals surface area contributed by atoms with Gasteiger partial charge in [-0.25, -0.2) is 9.37 Å². The highest BCUT2D eigenvalue weighted by Gasteiger charge is 2.29. The van der Waals surface area contributed by atoms with Crippen LogP contribution in [0, 0.1) is 5.82 Å². The van der Waals surface area contributed by atoms with Crippen molar-refractivity contribution in [2.24, 2.45) is 0 Å². The number of rotatable bonds is 7. The second-order valence-corrected chi connectivity index (χ2v) is 7.81. The van der Waals surface area contributed by atoms with Crippen LogP contribution in [0.25, 0.3) is 27.9 Å². The molecule has 2 aromatic carbocycles. The maximum absolute atomic E-state index is 15.2. The van der Waals surface area contributed by atoms with Crippen LogP contribution in [0.15, 0.2) is 55.4 Å². The van der Waals surface area contributed by atoms with E-state index in [2.05, 4.69) is 27.1 Å². The molecule has 0 aliphatic rings. The number of nitrogens with zero attached hydrogens (tertiary/aromatic N) is 4. The van der Waals surface area contributed by atoms with E-state index in [1.807, 2.05) is 0 Å². The second kappa shape index (κ2) is 10.2. The van der Waals surface area contributed by atoms with Gasteiger partial charge in [0.25, 0.3) is 5.91 Å². The molecular formula is C24H19F4N7O3. The smallest absolute Gasteiger partial charge is 0.405 e. The summed E-state index contributed by atoms with van der Waals surface area (Å²) in [5.41, 5.74) is 7.03. The number of aromatic nitrogens is 4. The molecule has 0 atom stereocenters. The monoisotopic (exact) mass is 529 g/mol. The number of carbonyl (C=O) groups is 2. The standard InChI is InChI=1S/C24H19F4N7O3/c1-3-18(36)33-13-5-7-14(16(25)9-13)20-19(21-22(29)31-11-32-35(21)34-20)12-4-6-15(17(8-12)38-2)23(37)30-10-24(26,27)28/h3-9,11H,1,10H2,2H3,(H,30,37)(H,33,36)(H2,29,31,32). The number of amides is 2. The van der Waals surface area contributed by atoms with E-state index in [1.54, 1.807) is 5.32 Å². The third-order valence-electron chi connectivity index (χ3n) is 5.33. The minimum atomic E-state index is -4.60. The normalized spacial score (nSPS) is 11.3. The number of nitrogen functional groups attached to an aromatic ring is 1. The van der Waals surface area contributed by atoms with Gasteiger partial charge in [0, 0.05) is 16.8 Å². The molecule has 4 aromatic rings. The molecule has 0 aliphatic carbocycles. The van der Waals surface area contributed by atoms with Crippen LogP contribution in [0.2, 0.25) is 0 Å². The van der Waals surface area contributed by atoms with E-state index in [1.165, 1.54) is 37.4 Å². The molecule has 0 aliphatic heterocycles. The highest BCUT2D eigenvalue weighted by atomic mass is 19.4. The van der Waals surface area contributed by atoms with Crippen molar-refractivity contribution >= 4 is 28.8 Å². The highest BCUT2D eigenvalue weighted by molar-refractivity contribution is 6.01. The molecule has 14 heteroatoms. The van der Waals surface area contributed by atoms with Crippen LogP contribution < -0.4 is 21.1 Å². The summed E-state index contributed by atoms with van der Waals surface area (Å²) in [4.78, 5) is 27.9. The minimum Gasteiger partial charge on any atom is -0.496 e. The maximum atomic E-state index is 15.2. The van der Waals surface area contributed by atoms with Gasteiger partial charge in [0.05, 0.1) is 12.7 Å². The van der Waals surface area contributed by atoms with Crippen LogP contribution >= 0.6 is 0 Å². The van der Waals surface area contributed by atoms with Crippen LogP contribution in [0.3, 0.4) is 0 Å². The number of nitrogens with one attached hydrogen (secondary N) is 2.